The van der Waals surface area contributed by atoms with Crippen molar-refractivity contribution in [3.05, 3.63) is 41.6 Å². The number of aromatic amines is 1. The molecule has 156 valence electrons. The summed E-state index contributed by atoms with van der Waals surface area (Å²) in [5.41, 5.74) is 9.13. The van der Waals surface area contributed by atoms with Crippen molar-refractivity contribution in [3.63, 3.8) is 0 Å². The van der Waals surface area contributed by atoms with Crippen LogP contribution < -0.4 is 11.1 Å². The molecular weight excluding hydrogens is 378 g/mol. The highest BCUT2D eigenvalue weighted by Gasteiger charge is 2.30. The molecule has 3 aromatic rings. The molecule has 1 amide bonds. The van der Waals surface area contributed by atoms with E-state index in [1.165, 1.54) is 11.1 Å². The largest absolute Gasteiger partial charge is 0.368 e. The molecule has 30 heavy (non-hydrogen) atoms. The van der Waals surface area contributed by atoms with Crippen LogP contribution in [0.2, 0.25) is 0 Å². The number of amides is 1. The summed E-state index contributed by atoms with van der Waals surface area (Å²) in [6.45, 7) is 1.59. The Morgan fingerprint density at radius 1 is 1.13 bits per heavy atom. The van der Waals surface area contributed by atoms with E-state index in [1.54, 1.807) is 6.20 Å². The zero-order valence-corrected chi connectivity index (χ0v) is 17.0. The molecule has 0 unspecified atom stereocenters. The van der Waals surface area contributed by atoms with Gasteiger partial charge in [-0.25, -0.2) is 0 Å². The Balaban J connectivity index is 1.21. The first-order valence-corrected chi connectivity index (χ1v) is 10.8. The highest BCUT2D eigenvalue weighted by Crippen LogP contribution is 2.30. The first kappa shape index (κ1) is 18.8. The van der Waals surface area contributed by atoms with Crippen molar-refractivity contribution in [2.45, 2.75) is 51.1 Å². The minimum absolute atomic E-state index is 0.109. The molecule has 0 radical (unpaired) electrons. The van der Waals surface area contributed by atoms with Crippen LogP contribution in [0.3, 0.4) is 0 Å². The number of nitrogens with two attached hydrogens (primary N) is 1. The second-order valence-electron chi connectivity index (χ2n) is 8.39. The summed E-state index contributed by atoms with van der Waals surface area (Å²) in [6.07, 6.45) is 7.46. The molecule has 1 fully saturated rings. The second-order valence-corrected chi connectivity index (χ2v) is 8.39. The van der Waals surface area contributed by atoms with Gasteiger partial charge in [0.25, 0.3) is 0 Å². The number of H-pyrrole nitrogens is 1. The van der Waals surface area contributed by atoms with Gasteiger partial charge in [0.2, 0.25) is 11.9 Å². The zero-order valence-electron chi connectivity index (χ0n) is 17.0. The monoisotopic (exact) mass is 405 g/mol. The first-order valence-electron chi connectivity index (χ1n) is 10.8. The van der Waals surface area contributed by atoms with Crippen molar-refractivity contribution < 1.29 is 4.79 Å². The molecular formula is C22H27N7O. The minimum atomic E-state index is 0.109. The molecule has 1 aromatic carbocycles. The van der Waals surface area contributed by atoms with Crippen molar-refractivity contribution in [3.8, 4) is 0 Å². The van der Waals surface area contributed by atoms with Gasteiger partial charge in [-0.2, -0.15) is 15.1 Å². The topological polar surface area (TPSA) is 113 Å². The molecule has 3 heterocycles. The fraction of sp³-hybridized carbons (Fsp3) is 0.455. The Labute approximate surface area is 175 Å². The van der Waals surface area contributed by atoms with Gasteiger partial charge < -0.3 is 16.0 Å². The maximum absolute atomic E-state index is 13.2. The summed E-state index contributed by atoms with van der Waals surface area (Å²) < 4.78 is 0. The molecule has 8 nitrogen and oxygen atoms in total. The number of carbonyl (C=O) groups is 1. The smallest absolute Gasteiger partial charge is 0.225 e. The average molecular weight is 406 g/mol. The third-order valence-corrected chi connectivity index (χ3v) is 6.41. The number of hydrogen-bond donors (Lipinski definition) is 3. The highest BCUT2D eigenvalue weighted by molar-refractivity contribution is 5.87. The van der Waals surface area contributed by atoms with E-state index in [2.05, 4.69) is 54.6 Å². The van der Waals surface area contributed by atoms with E-state index in [9.17, 15) is 4.79 Å². The van der Waals surface area contributed by atoms with Crippen LogP contribution in [0.1, 0.15) is 43.2 Å². The number of nitrogen functional groups attached to an aromatic ring is 1. The summed E-state index contributed by atoms with van der Waals surface area (Å²) in [4.78, 5) is 23.8. The fourth-order valence-corrected chi connectivity index (χ4v) is 4.79. The lowest BCUT2D eigenvalue weighted by Gasteiger charge is -2.32. The average Bonchev–Trinajstić information content (AvgIpc) is 3.12. The molecule has 0 saturated heterocycles. The van der Waals surface area contributed by atoms with Crippen LogP contribution in [0.4, 0.5) is 11.8 Å². The predicted octanol–water partition coefficient (Wildman–Crippen LogP) is 2.88. The maximum Gasteiger partial charge on any atom is 0.225 e. The van der Waals surface area contributed by atoms with Crippen LogP contribution in [0.25, 0.3) is 11.0 Å². The van der Waals surface area contributed by atoms with Gasteiger partial charge in [0.1, 0.15) is 5.82 Å². The van der Waals surface area contributed by atoms with E-state index in [0.29, 0.717) is 17.4 Å². The minimum Gasteiger partial charge on any atom is -0.368 e. The number of nitrogens with one attached hydrogen (secondary N) is 2. The van der Waals surface area contributed by atoms with E-state index in [0.717, 1.165) is 57.0 Å². The Kier molecular flexibility index (Phi) is 4.98. The molecule has 4 N–H and O–H groups in total. The van der Waals surface area contributed by atoms with Crippen molar-refractivity contribution in [2.75, 3.05) is 17.6 Å². The van der Waals surface area contributed by atoms with Gasteiger partial charge in [-0.15, -0.1) is 0 Å². The van der Waals surface area contributed by atoms with Gasteiger partial charge in [-0.3, -0.25) is 9.89 Å². The SMILES string of the molecule is Nc1nc(NC2CCC(C(=O)N3CCCc4ccccc4C3)CC2)c2cn[nH]c2n1. The molecule has 0 atom stereocenters. The Morgan fingerprint density at radius 3 is 2.77 bits per heavy atom. The van der Waals surface area contributed by atoms with Crippen molar-refractivity contribution in [1.82, 2.24) is 25.1 Å². The number of hydrogen-bond acceptors (Lipinski definition) is 6. The number of aromatic nitrogens is 4. The Morgan fingerprint density at radius 2 is 1.93 bits per heavy atom. The number of rotatable bonds is 3. The zero-order chi connectivity index (χ0) is 20.5. The van der Waals surface area contributed by atoms with E-state index in [-0.39, 0.29) is 17.9 Å². The van der Waals surface area contributed by atoms with Crippen LogP contribution in [-0.4, -0.2) is 43.6 Å². The normalized spacial score (nSPS) is 21.8. The molecule has 0 bridgehead atoms. The molecule has 0 spiro atoms. The molecule has 2 aromatic heterocycles. The standard InChI is InChI=1S/C22H27N7O/c23-22-26-19(18-12-24-28-20(18)27-22)25-17-9-7-15(8-10-17)21(30)29-11-3-6-14-4-1-2-5-16(14)13-29/h1-2,4-5,12,15,17H,3,6-11,13H2,(H4,23,24,25,26,27,28). The fourth-order valence-electron chi connectivity index (χ4n) is 4.79. The lowest BCUT2D eigenvalue weighted by Crippen LogP contribution is -2.39. The van der Waals surface area contributed by atoms with Crippen LogP contribution in [-0.2, 0) is 17.8 Å². The van der Waals surface area contributed by atoms with Gasteiger partial charge in [-0.05, 0) is 49.7 Å². The van der Waals surface area contributed by atoms with Crippen LogP contribution in [0, 0.1) is 5.92 Å². The summed E-state index contributed by atoms with van der Waals surface area (Å²) in [5, 5.41) is 11.2. The number of anilines is 2. The third-order valence-electron chi connectivity index (χ3n) is 6.41. The Hall–Kier alpha value is -3.16. The number of carbonyl (C=O) groups excluding carboxylic acids is 1. The third kappa shape index (κ3) is 3.69. The van der Waals surface area contributed by atoms with E-state index in [1.807, 2.05) is 0 Å². The Bertz CT molecular complexity index is 1050. The van der Waals surface area contributed by atoms with Crippen molar-refractivity contribution >= 4 is 28.7 Å². The van der Waals surface area contributed by atoms with Gasteiger partial charge in [0.15, 0.2) is 5.65 Å². The van der Waals surface area contributed by atoms with Crippen LogP contribution in [0.5, 0.6) is 0 Å². The lowest BCUT2D eigenvalue weighted by atomic mass is 9.85. The van der Waals surface area contributed by atoms with E-state index in [4.69, 9.17) is 5.73 Å². The molecule has 1 saturated carbocycles. The number of aryl methyl sites for hydroxylation is 1. The van der Waals surface area contributed by atoms with Gasteiger partial charge >= 0.3 is 0 Å². The molecule has 8 heteroatoms. The summed E-state index contributed by atoms with van der Waals surface area (Å²) in [7, 11) is 0. The number of benzene rings is 1. The highest BCUT2D eigenvalue weighted by atomic mass is 16.2. The molecule has 1 aliphatic heterocycles. The summed E-state index contributed by atoms with van der Waals surface area (Å²) in [6, 6.07) is 8.78. The molecule has 5 rings (SSSR count). The van der Waals surface area contributed by atoms with Crippen molar-refractivity contribution in [2.24, 2.45) is 5.92 Å². The number of fused-ring (bicyclic) bond motifs is 2. The van der Waals surface area contributed by atoms with Gasteiger partial charge in [-0.1, -0.05) is 24.3 Å². The molecule has 1 aliphatic carbocycles. The predicted molar refractivity (Wildman–Crippen MR) is 116 cm³/mol. The second kappa shape index (κ2) is 7.93. The quantitative estimate of drug-likeness (QED) is 0.618. The molecule has 2 aliphatic rings. The van der Waals surface area contributed by atoms with Crippen molar-refractivity contribution in [1.29, 1.82) is 0 Å². The maximum atomic E-state index is 13.2. The van der Waals surface area contributed by atoms with Crippen LogP contribution >= 0.6 is 0 Å². The van der Waals surface area contributed by atoms with Gasteiger partial charge in [0.05, 0.1) is 11.6 Å². The summed E-state index contributed by atoms with van der Waals surface area (Å²) >= 11 is 0. The lowest BCUT2D eigenvalue weighted by molar-refractivity contribution is -0.137. The van der Waals surface area contributed by atoms with E-state index >= 15 is 0 Å². The summed E-state index contributed by atoms with van der Waals surface area (Å²) in [5.74, 6) is 1.36. The van der Waals surface area contributed by atoms with Crippen LogP contribution in [0.15, 0.2) is 30.5 Å². The number of nitrogens with zero attached hydrogens (tertiary/aromatic N) is 4. The van der Waals surface area contributed by atoms with Gasteiger partial charge in [0, 0.05) is 25.0 Å². The van der Waals surface area contributed by atoms with E-state index < -0.39 is 0 Å². The first-order chi connectivity index (χ1) is 14.7.